The van der Waals surface area contributed by atoms with Crippen molar-refractivity contribution in [3.05, 3.63) is 71.8 Å². The lowest BCUT2D eigenvalue weighted by atomic mass is 9.97. The van der Waals surface area contributed by atoms with E-state index in [9.17, 15) is 19.5 Å². The van der Waals surface area contributed by atoms with Gasteiger partial charge in [-0.3, -0.25) is 9.59 Å². The number of hydrogen-bond donors (Lipinski definition) is 2. The second-order valence-corrected chi connectivity index (χ2v) is 8.33. The first kappa shape index (κ1) is 20.5. The normalized spacial score (nSPS) is 21.1. The number of nitrogens with zero attached hydrogens (tertiary/aromatic N) is 1. The van der Waals surface area contributed by atoms with Crippen LogP contribution in [-0.2, 0) is 9.59 Å². The molecule has 2 aromatic carbocycles. The molecule has 1 heterocycles. The third-order valence-corrected chi connectivity index (χ3v) is 6.82. The van der Waals surface area contributed by atoms with E-state index in [1.807, 2.05) is 36.4 Å². The number of rotatable bonds is 6. The standard InChI is InChI=1S/C21H21NO4S2/c1-13(18(27)17(23)14-8-4-2-5-9-14)19(24)22-16(21(25)26)12-28-20(22)15-10-6-3-7-11-15/h2-11,13,16,18,20,27H,12H2,1H3,(H,25,26)/t13-,16+,18?,20?/m1/s1. The minimum Gasteiger partial charge on any atom is -0.480 e. The maximum absolute atomic E-state index is 13.3. The monoisotopic (exact) mass is 415 g/mol. The highest BCUT2D eigenvalue weighted by Gasteiger charge is 2.45. The molecular formula is C21H21NO4S2. The molecule has 0 spiro atoms. The van der Waals surface area contributed by atoms with Crippen LogP contribution in [-0.4, -0.2) is 44.7 Å². The van der Waals surface area contributed by atoms with E-state index in [-0.39, 0.29) is 11.7 Å². The Labute approximate surface area is 173 Å². The Bertz CT molecular complexity index is 859. The zero-order valence-corrected chi connectivity index (χ0v) is 17.0. The molecule has 0 bridgehead atoms. The van der Waals surface area contributed by atoms with Gasteiger partial charge in [0.1, 0.15) is 11.4 Å². The van der Waals surface area contributed by atoms with Crippen LogP contribution in [0.5, 0.6) is 0 Å². The average Bonchev–Trinajstić information content (AvgIpc) is 3.18. The van der Waals surface area contributed by atoms with Crippen LogP contribution in [0.1, 0.15) is 28.2 Å². The van der Waals surface area contributed by atoms with Gasteiger partial charge in [-0.1, -0.05) is 67.6 Å². The van der Waals surface area contributed by atoms with Crippen LogP contribution < -0.4 is 0 Å². The van der Waals surface area contributed by atoms with Crippen LogP contribution >= 0.6 is 24.4 Å². The van der Waals surface area contributed by atoms with Gasteiger partial charge >= 0.3 is 5.97 Å². The number of thioether (sulfide) groups is 1. The van der Waals surface area contributed by atoms with E-state index in [0.29, 0.717) is 11.3 Å². The highest BCUT2D eigenvalue weighted by atomic mass is 32.2. The van der Waals surface area contributed by atoms with Gasteiger partial charge in [-0.15, -0.1) is 11.8 Å². The quantitative estimate of drug-likeness (QED) is 0.558. The van der Waals surface area contributed by atoms with Crippen molar-refractivity contribution in [2.45, 2.75) is 23.6 Å². The molecule has 0 aliphatic carbocycles. The molecule has 2 unspecified atom stereocenters. The molecule has 5 nitrogen and oxygen atoms in total. The number of aliphatic carboxylic acids is 1. The van der Waals surface area contributed by atoms with Crippen molar-refractivity contribution in [2.24, 2.45) is 5.92 Å². The third kappa shape index (κ3) is 4.10. The van der Waals surface area contributed by atoms with E-state index < -0.39 is 28.6 Å². The van der Waals surface area contributed by atoms with Crippen molar-refractivity contribution >= 4 is 42.1 Å². The summed E-state index contributed by atoms with van der Waals surface area (Å²) >= 11 is 5.83. The number of carbonyl (C=O) groups excluding carboxylic acids is 2. The van der Waals surface area contributed by atoms with E-state index in [1.54, 1.807) is 31.2 Å². The Morgan fingerprint density at radius 1 is 1.07 bits per heavy atom. The third-order valence-electron chi connectivity index (χ3n) is 4.81. The number of hydrogen-bond acceptors (Lipinski definition) is 5. The molecule has 7 heteroatoms. The summed E-state index contributed by atoms with van der Waals surface area (Å²) < 4.78 is 0. The van der Waals surface area contributed by atoms with Crippen LogP contribution in [0.4, 0.5) is 0 Å². The number of benzene rings is 2. The molecule has 28 heavy (non-hydrogen) atoms. The number of carboxylic acids is 1. The Kier molecular flexibility index (Phi) is 6.46. The molecule has 1 saturated heterocycles. The van der Waals surface area contributed by atoms with Crippen LogP contribution in [0.15, 0.2) is 60.7 Å². The maximum atomic E-state index is 13.3. The molecule has 1 aliphatic rings. The van der Waals surface area contributed by atoms with Gasteiger partial charge in [-0.05, 0) is 5.56 Å². The Balaban J connectivity index is 1.86. The second-order valence-electron chi connectivity index (χ2n) is 6.66. The van der Waals surface area contributed by atoms with Gasteiger partial charge in [0.15, 0.2) is 5.78 Å². The minimum absolute atomic E-state index is 0.250. The summed E-state index contributed by atoms with van der Waals surface area (Å²) in [6.45, 7) is 1.63. The Hall–Kier alpha value is -2.25. The van der Waals surface area contributed by atoms with Gasteiger partial charge < -0.3 is 10.0 Å². The molecule has 1 amide bonds. The predicted octanol–water partition coefficient (Wildman–Crippen LogP) is 3.53. The summed E-state index contributed by atoms with van der Waals surface area (Å²) in [5, 5.41) is 8.36. The molecule has 2 aromatic rings. The van der Waals surface area contributed by atoms with Gasteiger partial charge in [0.05, 0.1) is 11.2 Å². The average molecular weight is 416 g/mol. The van der Waals surface area contributed by atoms with Crippen molar-refractivity contribution in [1.29, 1.82) is 0 Å². The van der Waals surface area contributed by atoms with Crippen molar-refractivity contribution in [2.75, 3.05) is 5.75 Å². The number of Topliss-reactive ketones (excluding diaryl/α,β-unsaturated/α-hetero) is 1. The van der Waals surface area contributed by atoms with Crippen LogP contribution in [0.25, 0.3) is 0 Å². The van der Waals surface area contributed by atoms with E-state index in [2.05, 4.69) is 12.6 Å². The summed E-state index contributed by atoms with van der Waals surface area (Å²) in [6.07, 6.45) is 0. The molecule has 1 N–H and O–H groups in total. The summed E-state index contributed by atoms with van der Waals surface area (Å²) in [6, 6.07) is 17.1. The Morgan fingerprint density at radius 2 is 1.64 bits per heavy atom. The van der Waals surface area contributed by atoms with E-state index >= 15 is 0 Å². The molecule has 0 saturated carbocycles. The van der Waals surface area contributed by atoms with Gasteiger partial charge in [0.25, 0.3) is 0 Å². The molecular weight excluding hydrogens is 394 g/mol. The fraction of sp³-hybridized carbons (Fsp3) is 0.286. The molecule has 1 aliphatic heterocycles. The summed E-state index contributed by atoms with van der Waals surface area (Å²) in [7, 11) is 0. The Morgan fingerprint density at radius 3 is 2.21 bits per heavy atom. The first-order valence-corrected chi connectivity index (χ1v) is 10.5. The molecule has 0 radical (unpaired) electrons. The lowest BCUT2D eigenvalue weighted by Gasteiger charge is -2.31. The first-order chi connectivity index (χ1) is 13.4. The lowest BCUT2D eigenvalue weighted by molar-refractivity contribution is -0.150. The van der Waals surface area contributed by atoms with Crippen LogP contribution in [0, 0.1) is 5.92 Å². The zero-order valence-electron chi connectivity index (χ0n) is 15.3. The van der Waals surface area contributed by atoms with E-state index in [0.717, 1.165) is 5.56 Å². The van der Waals surface area contributed by atoms with Gasteiger partial charge in [-0.2, -0.15) is 12.6 Å². The number of amides is 1. The summed E-state index contributed by atoms with van der Waals surface area (Å²) in [5.74, 6) is -2.13. The van der Waals surface area contributed by atoms with Gasteiger partial charge in [0, 0.05) is 11.3 Å². The minimum atomic E-state index is -1.04. The molecule has 3 rings (SSSR count). The second kappa shape index (κ2) is 8.84. The SMILES string of the molecule is C[C@@H](C(=O)N1C(c2ccccc2)SC[C@H]1C(=O)O)C(S)C(=O)c1ccccc1. The largest absolute Gasteiger partial charge is 0.480 e. The maximum Gasteiger partial charge on any atom is 0.327 e. The highest BCUT2D eigenvalue weighted by Crippen LogP contribution is 2.42. The number of ketones is 1. The summed E-state index contributed by atoms with van der Waals surface area (Å²) in [4.78, 5) is 39.1. The van der Waals surface area contributed by atoms with Crippen molar-refractivity contribution in [3.8, 4) is 0 Å². The fourth-order valence-corrected chi connectivity index (χ4v) is 4.92. The topological polar surface area (TPSA) is 74.7 Å². The molecule has 0 aromatic heterocycles. The van der Waals surface area contributed by atoms with Crippen molar-refractivity contribution < 1.29 is 19.5 Å². The summed E-state index contributed by atoms with van der Waals surface area (Å²) in [5.41, 5.74) is 1.34. The smallest absolute Gasteiger partial charge is 0.327 e. The number of thiol groups is 1. The molecule has 1 fully saturated rings. The highest BCUT2D eigenvalue weighted by molar-refractivity contribution is 7.99. The first-order valence-electron chi connectivity index (χ1n) is 8.90. The van der Waals surface area contributed by atoms with Crippen LogP contribution in [0.3, 0.4) is 0 Å². The number of carbonyl (C=O) groups is 3. The fourth-order valence-electron chi connectivity index (χ4n) is 3.21. The predicted molar refractivity (Wildman–Crippen MR) is 113 cm³/mol. The zero-order chi connectivity index (χ0) is 20.3. The van der Waals surface area contributed by atoms with Gasteiger partial charge in [-0.25, -0.2) is 4.79 Å². The molecule has 146 valence electrons. The lowest BCUT2D eigenvalue weighted by Crippen LogP contribution is -2.47. The number of carboxylic acid groups (broad SMARTS) is 1. The van der Waals surface area contributed by atoms with Gasteiger partial charge in [0.2, 0.25) is 5.91 Å². The van der Waals surface area contributed by atoms with Crippen molar-refractivity contribution in [3.63, 3.8) is 0 Å². The molecule has 4 atom stereocenters. The van der Waals surface area contributed by atoms with E-state index in [4.69, 9.17) is 0 Å². The van der Waals surface area contributed by atoms with Crippen LogP contribution in [0.2, 0.25) is 0 Å². The van der Waals surface area contributed by atoms with Crippen molar-refractivity contribution in [1.82, 2.24) is 4.90 Å². The van der Waals surface area contributed by atoms with E-state index in [1.165, 1.54) is 16.7 Å².